The van der Waals surface area contributed by atoms with Crippen LogP contribution >= 0.6 is 22.6 Å². The van der Waals surface area contributed by atoms with Crippen molar-refractivity contribution in [1.82, 2.24) is 0 Å². The molecule has 0 heterocycles. The summed E-state index contributed by atoms with van der Waals surface area (Å²) in [6, 6.07) is 0. The van der Waals surface area contributed by atoms with Crippen molar-refractivity contribution >= 4 is 22.6 Å². The molecule has 1 rings (SSSR count). The van der Waals surface area contributed by atoms with Gasteiger partial charge in [-0.15, -0.1) is 0 Å². The molecule has 0 aromatic carbocycles. The predicted octanol–water partition coefficient (Wildman–Crippen LogP) is 7.38. The summed E-state index contributed by atoms with van der Waals surface area (Å²) in [5.74, 6) is 3.92. The Kier molecular flexibility index (Phi) is 11.3. The van der Waals surface area contributed by atoms with Crippen LogP contribution in [0.25, 0.3) is 0 Å². The lowest BCUT2D eigenvalue weighted by atomic mass is 9.75. The number of rotatable bonds is 8. The van der Waals surface area contributed by atoms with Crippen LogP contribution in [0.15, 0.2) is 11.1 Å². The molecule has 0 radical (unpaired) electrons. The zero-order valence-corrected chi connectivity index (χ0v) is 19.9. The molecule has 148 valence electrons. The first-order chi connectivity index (χ1) is 11.8. The number of hydrogen-bond donors (Lipinski definition) is 1. The molecule has 1 nitrogen and oxygen atoms in total. The van der Waals surface area contributed by atoms with Gasteiger partial charge in [-0.3, -0.25) is 0 Å². The van der Waals surface area contributed by atoms with Gasteiger partial charge in [-0.25, -0.2) is 0 Å². The van der Waals surface area contributed by atoms with E-state index >= 15 is 0 Å². The Morgan fingerprint density at radius 2 is 1.88 bits per heavy atom. The van der Waals surface area contributed by atoms with Crippen molar-refractivity contribution in [2.75, 3.05) is 6.54 Å². The molecule has 0 aromatic heterocycles. The van der Waals surface area contributed by atoms with Crippen molar-refractivity contribution in [3.63, 3.8) is 0 Å². The third-order valence-corrected chi connectivity index (χ3v) is 7.35. The van der Waals surface area contributed by atoms with E-state index in [4.69, 9.17) is 5.73 Å². The van der Waals surface area contributed by atoms with Crippen LogP contribution in [-0.4, -0.2) is 10.5 Å². The van der Waals surface area contributed by atoms with Gasteiger partial charge in [0.25, 0.3) is 0 Å². The maximum atomic E-state index is 6.06. The number of hydrogen-bond acceptors (Lipinski definition) is 1. The lowest BCUT2D eigenvalue weighted by Gasteiger charge is -2.32. The highest BCUT2D eigenvalue weighted by molar-refractivity contribution is 14.1. The fourth-order valence-corrected chi connectivity index (χ4v) is 5.42. The summed E-state index contributed by atoms with van der Waals surface area (Å²) in [5.41, 5.74) is 9.55. The second-order valence-electron chi connectivity index (χ2n) is 9.04. The van der Waals surface area contributed by atoms with Gasteiger partial charge in [-0.2, -0.15) is 0 Å². The van der Waals surface area contributed by atoms with E-state index in [0.717, 1.165) is 34.1 Å². The van der Waals surface area contributed by atoms with Crippen LogP contribution in [0.3, 0.4) is 0 Å². The summed E-state index contributed by atoms with van der Waals surface area (Å²) in [5, 5.41) is 0. The van der Waals surface area contributed by atoms with Crippen molar-refractivity contribution in [3.8, 4) is 0 Å². The summed E-state index contributed by atoms with van der Waals surface area (Å²) in [6.45, 7) is 15.3. The van der Waals surface area contributed by atoms with Crippen molar-refractivity contribution in [1.29, 1.82) is 0 Å². The third-order valence-electron chi connectivity index (χ3n) is 6.84. The molecule has 3 unspecified atom stereocenters. The highest BCUT2D eigenvalue weighted by Gasteiger charge is 2.27. The number of alkyl halides is 1. The summed E-state index contributed by atoms with van der Waals surface area (Å²) >= 11 is 2.60. The SMILES string of the molecule is CCC/C1=C(\C)[C@@H](C)CCCC(CC(C[C@@H](C)I)C(C)CN)[C@@H](C)C1. The van der Waals surface area contributed by atoms with Crippen LogP contribution in [0, 0.1) is 29.6 Å². The number of nitrogens with two attached hydrogens (primary N) is 1. The van der Waals surface area contributed by atoms with Gasteiger partial charge in [-0.1, -0.05) is 87.6 Å². The van der Waals surface area contributed by atoms with E-state index in [-0.39, 0.29) is 0 Å². The minimum absolute atomic E-state index is 0.656. The number of halogens is 1. The maximum absolute atomic E-state index is 6.06. The van der Waals surface area contributed by atoms with Crippen molar-refractivity contribution in [2.45, 2.75) is 96.8 Å². The topological polar surface area (TPSA) is 26.0 Å². The molecule has 0 fully saturated rings. The molecule has 0 spiro atoms. The molecule has 6 atom stereocenters. The van der Waals surface area contributed by atoms with Gasteiger partial charge in [0, 0.05) is 3.92 Å². The molecule has 1 aliphatic rings. The van der Waals surface area contributed by atoms with Crippen molar-refractivity contribution in [2.24, 2.45) is 35.3 Å². The van der Waals surface area contributed by atoms with Crippen molar-refractivity contribution in [3.05, 3.63) is 11.1 Å². The van der Waals surface area contributed by atoms with Crippen LogP contribution in [0.5, 0.6) is 0 Å². The van der Waals surface area contributed by atoms with Crippen LogP contribution < -0.4 is 5.73 Å². The predicted molar refractivity (Wildman–Crippen MR) is 122 cm³/mol. The highest BCUT2D eigenvalue weighted by atomic mass is 127. The minimum atomic E-state index is 0.656. The fourth-order valence-electron chi connectivity index (χ4n) is 4.76. The Morgan fingerprint density at radius 1 is 1.20 bits per heavy atom. The van der Waals surface area contributed by atoms with E-state index in [1.165, 1.54) is 51.4 Å². The van der Waals surface area contributed by atoms with E-state index in [1.54, 1.807) is 11.1 Å². The van der Waals surface area contributed by atoms with Crippen LogP contribution in [0.1, 0.15) is 92.9 Å². The summed E-state index contributed by atoms with van der Waals surface area (Å²) < 4.78 is 0.751. The molecule has 0 bridgehead atoms. The monoisotopic (exact) mass is 461 g/mol. The largest absolute Gasteiger partial charge is 0.330 e. The fraction of sp³-hybridized carbons (Fsp3) is 0.913. The molecule has 2 heteroatoms. The van der Waals surface area contributed by atoms with Gasteiger partial charge in [0.1, 0.15) is 0 Å². The van der Waals surface area contributed by atoms with Crippen LogP contribution in [0.4, 0.5) is 0 Å². The second kappa shape index (κ2) is 12.0. The van der Waals surface area contributed by atoms with E-state index in [2.05, 4.69) is 64.1 Å². The zero-order valence-electron chi connectivity index (χ0n) is 17.8. The Labute approximate surface area is 172 Å². The first-order valence-electron chi connectivity index (χ1n) is 10.8. The average Bonchev–Trinajstić information content (AvgIpc) is 2.60. The van der Waals surface area contributed by atoms with E-state index in [1.807, 2.05) is 0 Å². The average molecular weight is 462 g/mol. The zero-order chi connectivity index (χ0) is 19.0. The Balaban J connectivity index is 2.91. The second-order valence-corrected chi connectivity index (χ2v) is 11.2. The maximum Gasteiger partial charge on any atom is 0.00840 e. The van der Waals surface area contributed by atoms with E-state index in [0.29, 0.717) is 5.92 Å². The first kappa shape index (κ1) is 23.5. The van der Waals surface area contributed by atoms with Crippen LogP contribution in [-0.2, 0) is 0 Å². The Hall–Kier alpha value is 0.430. The Morgan fingerprint density at radius 3 is 2.44 bits per heavy atom. The van der Waals surface area contributed by atoms with Gasteiger partial charge in [0.05, 0.1) is 0 Å². The van der Waals surface area contributed by atoms with E-state index < -0.39 is 0 Å². The lowest BCUT2D eigenvalue weighted by molar-refractivity contribution is 0.211. The molecule has 0 amide bonds. The first-order valence-corrected chi connectivity index (χ1v) is 12.1. The Bertz CT molecular complexity index is 401. The molecule has 0 aromatic rings. The minimum Gasteiger partial charge on any atom is -0.330 e. The molecule has 25 heavy (non-hydrogen) atoms. The summed E-state index contributed by atoms with van der Waals surface area (Å²) in [4.78, 5) is 0. The molecule has 0 aliphatic heterocycles. The van der Waals surface area contributed by atoms with Gasteiger partial charge in [-0.05, 0) is 75.2 Å². The normalized spacial score (nSPS) is 32.4. The standard InChI is InChI=1S/C23H44IN/c1-7-9-22-12-17(3)21(11-8-10-16(2)20(22)6)14-23(13-19(5)24)18(4)15-25/h16-19,21,23H,7-15,25H2,1-6H3/b22-20-/t16-,17-,18?,19+,21?,23?/m0/s1. The quantitative estimate of drug-likeness (QED) is 0.228. The van der Waals surface area contributed by atoms with Gasteiger partial charge in [0.15, 0.2) is 0 Å². The summed E-state index contributed by atoms with van der Waals surface area (Å²) in [7, 11) is 0. The van der Waals surface area contributed by atoms with Gasteiger partial charge in [0.2, 0.25) is 0 Å². The van der Waals surface area contributed by atoms with E-state index in [9.17, 15) is 0 Å². The van der Waals surface area contributed by atoms with Crippen molar-refractivity contribution < 1.29 is 0 Å². The highest BCUT2D eigenvalue weighted by Crippen LogP contribution is 2.39. The van der Waals surface area contributed by atoms with Crippen LogP contribution in [0.2, 0.25) is 0 Å². The molecule has 2 N–H and O–H groups in total. The smallest absolute Gasteiger partial charge is 0.00840 e. The van der Waals surface area contributed by atoms with Gasteiger partial charge >= 0.3 is 0 Å². The third kappa shape index (κ3) is 7.91. The molecule has 0 saturated carbocycles. The number of allylic oxidation sites excluding steroid dienone is 2. The summed E-state index contributed by atoms with van der Waals surface area (Å²) in [6.07, 6.45) is 10.8. The molecular formula is C23H44IN. The molecular weight excluding hydrogens is 417 g/mol. The lowest BCUT2D eigenvalue weighted by Crippen LogP contribution is -2.27. The molecule has 0 saturated heterocycles. The molecule has 1 aliphatic carbocycles. The van der Waals surface area contributed by atoms with Gasteiger partial charge < -0.3 is 5.73 Å².